The smallest absolute Gasteiger partial charge is 0.166 e. The third-order valence-electron chi connectivity index (χ3n) is 5.44. The molecule has 2 N–H and O–H groups in total. The molecule has 1 aliphatic heterocycles. The van der Waals surface area contributed by atoms with E-state index in [9.17, 15) is 4.39 Å². The number of hydrogen-bond acceptors (Lipinski definition) is 5. The van der Waals surface area contributed by atoms with Gasteiger partial charge in [-0.15, -0.1) is 0 Å². The van der Waals surface area contributed by atoms with Crippen LogP contribution < -0.4 is 10.5 Å². The van der Waals surface area contributed by atoms with Crippen LogP contribution in [-0.2, 0) is 6.42 Å². The molecule has 1 atom stereocenters. The van der Waals surface area contributed by atoms with E-state index in [0.29, 0.717) is 29.2 Å². The standard InChI is InChI=1S/C23H20FN5O/c1-2-18(29-13-28-20-22(25)26-12-27-23(20)29)21-17(14-6-4-3-5-7-14)11-15-10-16(24)8-9-19(15)30-21/h3-10,12-13,18H,2,11H2,1H3,(H2,25,26,27). The molecule has 2 aromatic carbocycles. The molecule has 6 nitrogen and oxygen atoms in total. The van der Waals surface area contributed by atoms with Gasteiger partial charge in [0.05, 0.1) is 12.4 Å². The monoisotopic (exact) mass is 401 g/mol. The Bertz CT molecular complexity index is 1270. The van der Waals surface area contributed by atoms with E-state index in [1.165, 1.54) is 18.5 Å². The third kappa shape index (κ3) is 2.99. The highest BCUT2D eigenvalue weighted by atomic mass is 19.1. The molecule has 1 aliphatic rings. The third-order valence-corrected chi connectivity index (χ3v) is 5.44. The maximum absolute atomic E-state index is 13.9. The molecule has 0 amide bonds. The minimum Gasteiger partial charge on any atom is -0.459 e. The predicted molar refractivity (Wildman–Crippen MR) is 113 cm³/mol. The minimum absolute atomic E-state index is 0.155. The number of ether oxygens (including phenoxy) is 1. The zero-order valence-corrected chi connectivity index (χ0v) is 16.4. The van der Waals surface area contributed by atoms with Crippen LogP contribution in [0.5, 0.6) is 5.75 Å². The molecule has 0 fully saturated rings. The zero-order chi connectivity index (χ0) is 20.7. The Labute approximate surface area is 172 Å². The average Bonchev–Trinajstić information content (AvgIpc) is 3.20. The van der Waals surface area contributed by atoms with E-state index in [0.717, 1.165) is 28.9 Å². The summed E-state index contributed by atoms with van der Waals surface area (Å²) in [5.41, 5.74) is 10.1. The van der Waals surface area contributed by atoms with Gasteiger partial charge in [-0.1, -0.05) is 37.3 Å². The minimum atomic E-state index is -0.270. The predicted octanol–water partition coefficient (Wildman–Crippen LogP) is 4.55. The molecule has 2 aromatic heterocycles. The number of rotatable bonds is 4. The summed E-state index contributed by atoms with van der Waals surface area (Å²) < 4.78 is 22.2. The number of aromatic nitrogens is 4. The van der Waals surface area contributed by atoms with Crippen molar-refractivity contribution in [1.29, 1.82) is 0 Å². The number of fused-ring (bicyclic) bond motifs is 2. The van der Waals surface area contributed by atoms with Crippen molar-refractivity contribution in [3.8, 4) is 5.75 Å². The Morgan fingerprint density at radius 1 is 1.13 bits per heavy atom. The Hall–Kier alpha value is -3.74. The normalized spacial score (nSPS) is 14.5. The number of nitrogen functional groups attached to an aromatic ring is 1. The van der Waals surface area contributed by atoms with Crippen molar-refractivity contribution in [2.45, 2.75) is 25.8 Å². The molecule has 3 heterocycles. The molecule has 0 saturated heterocycles. The van der Waals surface area contributed by atoms with Gasteiger partial charge in [-0.3, -0.25) is 0 Å². The highest BCUT2D eigenvalue weighted by Crippen LogP contribution is 2.41. The lowest BCUT2D eigenvalue weighted by atomic mass is 9.91. The number of imidazole rings is 1. The maximum atomic E-state index is 13.9. The van der Waals surface area contributed by atoms with Crippen LogP contribution in [0.3, 0.4) is 0 Å². The van der Waals surface area contributed by atoms with E-state index < -0.39 is 0 Å². The fraction of sp³-hybridized carbons (Fsp3) is 0.174. The van der Waals surface area contributed by atoms with Crippen molar-refractivity contribution in [3.05, 3.63) is 83.9 Å². The molecular formula is C23H20FN5O. The van der Waals surface area contributed by atoms with Gasteiger partial charge in [-0.05, 0) is 30.2 Å². The van der Waals surface area contributed by atoms with Gasteiger partial charge in [-0.25, -0.2) is 19.3 Å². The summed E-state index contributed by atoms with van der Waals surface area (Å²) >= 11 is 0. The van der Waals surface area contributed by atoms with Crippen LogP contribution in [0.4, 0.5) is 10.2 Å². The fourth-order valence-electron chi connectivity index (χ4n) is 4.00. The Kier molecular flexibility index (Phi) is 4.43. The first-order valence-electron chi connectivity index (χ1n) is 9.83. The van der Waals surface area contributed by atoms with E-state index in [-0.39, 0.29) is 11.9 Å². The SMILES string of the molecule is CCC(C1=C(c2ccccc2)Cc2cc(F)ccc2O1)n1cnc2c(N)ncnc21. The zero-order valence-electron chi connectivity index (χ0n) is 16.4. The molecule has 0 saturated carbocycles. The van der Waals surface area contributed by atoms with Crippen LogP contribution in [0.15, 0.2) is 66.9 Å². The topological polar surface area (TPSA) is 78.9 Å². The van der Waals surface area contributed by atoms with Crippen LogP contribution in [0.1, 0.15) is 30.5 Å². The highest BCUT2D eigenvalue weighted by Gasteiger charge is 2.29. The summed E-state index contributed by atoms with van der Waals surface area (Å²) in [6, 6.07) is 14.5. The summed E-state index contributed by atoms with van der Waals surface area (Å²) in [7, 11) is 0. The molecule has 150 valence electrons. The summed E-state index contributed by atoms with van der Waals surface area (Å²) in [4.78, 5) is 12.9. The van der Waals surface area contributed by atoms with Crippen molar-refractivity contribution in [3.63, 3.8) is 0 Å². The van der Waals surface area contributed by atoms with E-state index in [1.54, 1.807) is 12.4 Å². The average molecular weight is 401 g/mol. The van der Waals surface area contributed by atoms with Crippen molar-refractivity contribution >= 4 is 22.6 Å². The van der Waals surface area contributed by atoms with E-state index in [2.05, 4.69) is 21.9 Å². The second-order valence-electron chi connectivity index (χ2n) is 7.25. The Morgan fingerprint density at radius 3 is 2.77 bits per heavy atom. The number of nitrogens with two attached hydrogens (primary N) is 1. The first-order chi connectivity index (χ1) is 14.7. The molecule has 4 aromatic rings. The quantitative estimate of drug-likeness (QED) is 0.543. The van der Waals surface area contributed by atoms with Crippen molar-refractivity contribution in [1.82, 2.24) is 19.5 Å². The van der Waals surface area contributed by atoms with E-state index >= 15 is 0 Å². The number of allylic oxidation sites excluding steroid dienone is 2. The lowest BCUT2D eigenvalue weighted by Gasteiger charge is -2.29. The Balaban J connectivity index is 1.70. The van der Waals surface area contributed by atoms with Gasteiger partial charge in [0.2, 0.25) is 0 Å². The number of hydrogen-bond donors (Lipinski definition) is 1. The van der Waals surface area contributed by atoms with Gasteiger partial charge >= 0.3 is 0 Å². The van der Waals surface area contributed by atoms with Gasteiger partial charge in [-0.2, -0.15) is 0 Å². The van der Waals surface area contributed by atoms with Crippen LogP contribution in [0.2, 0.25) is 0 Å². The molecular weight excluding hydrogens is 381 g/mol. The van der Waals surface area contributed by atoms with E-state index in [1.807, 2.05) is 34.9 Å². The molecule has 0 spiro atoms. The number of halogens is 1. The van der Waals surface area contributed by atoms with Gasteiger partial charge in [0.1, 0.15) is 29.2 Å². The van der Waals surface area contributed by atoms with Crippen LogP contribution in [0, 0.1) is 5.82 Å². The lowest BCUT2D eigenvalue weighted by molar-refractivity contribution is 0.332. The van der Waals surface area contributed by atoms with Crippen LogP contribution >= 0.6 is 0 Å². The van der Waals surface area contributed by atoms with Crippen molar-refractivity contribution in [2.75, 3.05) is 5.73 Å². The Morgan fingerprint density at radius 2 is 1.97 bits per heavy atom. The summed E-state index contributed by atoms with van der Waals surface area (Å²) in [5.74, 6) is 1.55. The van der Waals surface area contributed by atoms with Gasteiger partial charge in [0.25, 0.3) is 0 Å². The molecule has 0 bridgehead atoms. The summed E-state index contributed by atoms with van der Waals surface area (Å²) in [6.45, 7) is 2.08. The molecule has 7 heteroatoms. The number of anilines is 1. The van der Waals surface area contributed by atoms with Crippen LogP contribution in [0.25, 0.3) is 16.7 Å². The summed E-state index contributed by atoms with van der Waals surface area (Å²) in [5, 5.41) is 0. The molecule has 30 heavy (non-hydrogen) atoms. The number of nitrogens with zero attached hydrogens (tertiary/aromatic N) is 4. The molecule has 0 radical (unpaired) electrons. The van der Waals surface area contributed by atoms with Gasteiger partial charge in [0.15, 0.2) is 11.5 Å². The van der Waals surface area contributed by atoms with Crippen molar-refractivity contribution in [2.24, 2.45) is 0 Å². The fourth-order valence-corrected chi connectivity index (χ4v) is 4.00. The largest absolute Gasteiger partial charge is 0.459 e. The molecule has 0 aliphatic carbocycles. The first kappa shape index (κ1) is 18.3. The van der Waals surface area contributed by atoms with E-state index in [4.69, 9.17) is 10.5 Å². The second kappa shape index (κ2) is 7.26. The van der Waals surface area contributed by atoms with Gasteiger partial charge < -0.3 is 15.0 Å². The first-order valence-corrected chi connectivity index (χ1v) is 9.83. The van der Waals surface area contributed by atoms with Gasteiger partial charge in [0, 0.05) is 17.6 Å². The highest BCUT2D eigenvalue weighted by molar-refractivity contribution is 5.81. The van der Waals surface area contributed by atoms with Crippen LogP contribution in [-0.4, -0.2) is 19.5 Å². The second-order valence-corrected chi connectivity index (χ2v) is 7.25. The molecule has 1 unspecified atom stereocenters. The van der Waals surface area contributed by atoms with Crippen molar-refractivity contribution < 1.29 is 9.13 Å². The maximum Gasteiger partial charge on any atom is 0.166 e. The summed E-state index contributed by atoms with van der Waals surface area (Å²) in [6.07, 6.45) is 4.49. The molecule has 5 rings (SSSR count). The number of benzene rings is 2. The lowest BCUT2D eigenvalue weighted by Crippen LogP contribution is -2.20.